The zero-order chi connectivity index (χ0) is 14.7. The SMILES string of the molecule is Cc1ncc(CO)c(CNc2cccc(Cl)c2C)c1O. The Labute approximate surface area is 123 Å². The number of aliphatic hydroxyl groups is 1. The molecule has 0 amide bonds. The van der Waals surface area contributed by atoms with Crippen LogP contribution in [0.25, 0.3) is 0 Å². The molecule has 106 valence electrons. The first kappa shape index (κ1) is 14.6. The van der Waals surface area contributed by atoms with Crippen LogP contribution in [0.1, 0.15) is 22.4 Å². The summed E-state index contributed by atoms with van der Waals surface area (Å²) >= 11 is 6.07. The standard InChI is InChI=1S/C15H17ClN2O2/c1-9-13(16)4-3-5-14(9)18-7-12-11(8-19)6-17-10(2)15(12)20/h3-6,18-20H,7-8H2,1-2H3. The Morgan fingerprint density at radius 2 is 2.05 bits per heavy atom. The van der Waals surface area contributed by atoms with Gasteiger partial charge in [0, 0.05) is 34.6 Å². The van der Waals surface area contributed by atoms with Gasteiger partial charge in [0.1, 0.15) is 5.75 Å². The number of halogens is 1. The number of aliphatic hydroxyl groups excluding tert-OH is 1. The lowest BCUT2D eigenvalue weighted by atomic mass is 10.1. The predicted molar refractivity (Wildman–Crippen MR) is 80.1 cm³/mol. The number of hydrogen-bond acceptors (Lipinski definition) is 4. The summed E-state index contributed by atoms with van der Waals surface area (Å²) in [5, 5.41) is 23.3. The van der Waals surface area contributed by atoms with Crippen LogP contribution in [0.15, 0.2) is 24.4 Å². The Kier molecular flexibility index (Phi) is 4.47. The van der Waals surface area contributed by atoms with E-state index in [1.807, 2.05) is 25.1 Å². The van der Waals surface area contributed by atoms with E-state index in [1.54, 1.807) is 13.1 Å². The number of hydrogen-bond donors (Lipinski definition) is 3. The number of nitrogens with one attached hydrogen (secondary N) is 1. The van der Waals surface area contributed by atoms with E-state index < -0.39 is 0 Å². The molecule has 0 saturated heterocycles. The minimum atomic E-state index is -0.160. The summed E-state index contributed by atoms with van der Waals surface area (Å²) in [6.07, 6.45) is 1.58. The zero-order valence-electron chi connectivity index (χ0n) is 11.4. The Balaban J connectivity index is 2.27. The molecule has 0 spiro atoms. The molecular weight excluding hydrogens is 276 g/mol. The molecule has 0 radical (unpaired) electrons. The van der Waals surface area contributed by atoms with Crippen molar-refractivity contribution in [2.45, 2.75) is 27.0 Å². The number of anilines is 1. The van der Waals surface area contributed by atoms with Gasteiger partial charge in [-0.2, -0.15) is 0 Å². The lowest BCUT2D eigenvalue weighted by Crippen LogP contribution is -2.06. The third-order valence-corrected chi connectivity index (χ3v) is 3.73. The molecule has 4 nitrogen and oxygen atoms in total. The average Bonchev–Trinajstić information content (AvgIpc) is 2.44. The van der Waals surface area contributed by atoms with Crippen LogP contribution in [0.2, 0.25) is 5.02 Å². The van der Waals surface area contributed by atoms with Crippen molar-refractivity contribution in [2.75, 3.05) is 5.32 Å². The molecule has 3 N–H and O–H groups in total. The summed E-state index contributed by atoms with van der Waals surface area (Å²) in [5.41, 5.74) is 3.65. The van der Waals surface area contributed by atoms with Gasteiger partial charge in [-0.1, -0.05) is 17.7 Å². The van der Waals surface area contributed by atoms with E-state index in [-0.39, 0.29) is 12.4 Å². The van der Waals surface area contributed by atoms with Gasteiger partial charge in [0.05, 0.1) is 12.3 Å². The molecule has 1 heterocycles. The van der Waals surface area contributed by atoms with Crippen molar-refractivity contribution in [3.8, 4) is 5.75 Å². The van der Waals surface area contributed by atoms with Crippen molar-refractivity contribution in [1.29, 1.82) is 0 Å². The molecule has 0 aliphatic heterocycles. The third-order valence-electron chi connectivity index (χ3n) is 3.32. The predicted octanol–water partition coefficient (Wildman–Crippen LogP) is 3.16. The largest absolute Gasteiger partial charge is 0.506 e. The molecule has 1 aromatic carbocycles. The van der Waals surface area contributed by atoms with Crippen LogP contribution in [0.5, 0.6) is 5.75 Å². The van der Waals surface area contributed by atoms with Gasteiger partial charge in [-0.3, -0.25) is 4.98 Å². The van der Waals surface area contributed by atoms with Gasteiger partial charge in [-0.15, -0.1) is 0 Å². The van der Waals surface area contributed by atoms with Gasteiger partial charge in [-0.05, 0) is 31.5 Å². The lowest BCUT2D eigenvalue weighted by molar-refractivity contribution is 0.279. The van der Waals surface area contributed by atoms with Crippen molar-refractivity contribution in [1.82, 2.24) is 4.98 Å². The van der Waals surface area contributed by atoms with Gasteiger partial charge in [-0.25, -0.2) is 0 Å². The number of benzene rings is 1. The van der Waals surface area contributed by atoms with Crippen molar-refractivity contribution in [3.63, 3.8) is 0 Å². The summed E-state index contributed by atoms with van der Waals surface area (Å²) < 4.78 is 0. The van der Waals surface area contributed by atoms with Crippen molar-refractivity contribution in [3.05, 3.63) is 51.8 Å². The van der Waals surface area contributed by atoms with Crippen molar-refractivity contribution < 1.29 is 10.2 Å². The summed E-state index contributed by atoms with van der Waals surface area (Å²) in [5.74, 6) is 0.115. The Hall–Kier alpha value is -1.78. The molecule has 0 aliphatic rings. The second-order valence-corrected chi connectivity index (χ2v) is 5.03. The first-order valence-corrected chi connectivity index (χ1v) is 6.68. The monoisotopic (exact) mass is 292 g/mol. The van der Waals surface area contributed by atoms with Gasteiger partial charge < -0.3 is 15.5 Å². The van der Waals surface area contributed by atoms with E-state index in [0.29, 0.717) is 28.4 Å². The highest BCUT2D eigenvalue weighted by Gasteiger charge is 2.11. The van der Waals surface area contributed by atoms with Gasteiger partial charge in [0.15, 0.2) is 0 Å². The Bertz CT molecular complexity index is 630. The highest BCUT2D eigenvalue weighted by Crippen LogP contribution is 2.27. The van der Waals surface area contributed by atoms with Crippen LogP contribution in [-0.2, 0) is 13.2 Å². The maximum atomic E-state index is 10.1. The second kappa shape index (κ2) is 6.11. The topological polar surface area (TPSA) is 65.4 Å². The van der Waals surface area contributed by atoms with Crippen LogP contribution in [-0.4, -0.2) is 15.2 Å². The van der Waals surface area contributed by atoms with E-state index >= 15 is 0 Å². The maximum absolute atomic E-state index is 10.1. The summed E-state index contributed by atoms with van der Waals surface area (Å²) in [4.78, 5) is 4.04. The fourth-order valence-electron chi connectivity index (χ4n) is 2.00. The normalized spacial score (nSPS) is 10.6. The van der Waals surface area contributed by atoms with Crippen LogP contribution in [0.3, 0.4) is 0 Å². The first-order chi connectivity index (χ1) is 9.54. The lowest BCUT2D eigenvalue weighted by Gasteiger charge is -2.14. The Morgan fingerprint density at radius 3 is 2.75 bits per heavy atom. The molecule has 0 atom stereocenters. The number of pyridine rings is 1. The van der Waals surface area contributed by atoms with Crippen LogP contribution in [0, 0.1) is 13.8 Å². The first-order valence-electron chi connectivity index (χ1n) is 6.30. The van der Waals surface area contributed by atoms with Crippen LogP contribution >= 0.6 is 11.6 Å². The number of nitrogens with zero attached hydrogens (tertiary/aromatic N) is 1. The number of aromatic nitrogens is 1. The molecule has 5 heteroatoms. The van der Waals surface area contributed by atoms with E-state index in [9.17, 15) is 10.2 Å². The van der Waals surface area contributed by atoms with E-state index in [4.69, 9.17) is 11.6 Å². The number of aryl methyl sites for hydroxylation is 1. The minimum absolute atomic E-state index is 0.115. The highest BCUT2D eigenvalue weighted by molar-refractivity contribution is 6.31. The summed E-state index contributed by atoms with van der Waals surface area (Å²) in [6, 6.07) is 5.61. The highest BCUT2D eigenvalue weighted by atomic mass is 35.5. The van der Waals surface area contributed by atoms with Gasteiger partial charge in [0.25, 0.3) is 0 Å². The fourth-order valence-corrected chi connectivity index (χ4v) is 2.17. The molecule has 0 bridgehead atoms. The van der Waals surface area contributed by atoms with Crippen molar-refractivity contribution in [2.24, 2.45) is 0 Å². The number of aromatic hydroxyl groups is 1. The molecule has 0 aliphatic carbocycles. The van der Waals surface area contributed by atoms with Gasteiger partial charge >= 0.3 is 0 Å². The fraction of sp³-hybridized carbons (Fsp3) is 0.267. The average molecular weight is 293 g/mol. The molecule has 0 saturated carbocycles. The molecule has 1 aromatic heterocycles. The summed E-state index contributed by atoms with van der Waals surface area (Å²) in [7, 11) is 0. The van der Waals surface area contributed by atoms with E-state index in [0.717, 1.165) is 11.3 Å². The van der Waals surface area contributed by atoms with E-state index in [1.165, 1.54) is 0 Å². The zero-order valence-corrected chi connectivity index (χ0v) is 12.2. The third kappa shape index (κ3) is 2.86. The van der Waals surface area contributed by atoms with Gasteiger partial charge in [0.2, 0.25) is 0 Å². The van der Waals surface area contributed by atoms with Crippen LogP contribution in [0.4, 0.5) is 5.69 Å². The molecule has 20 heavy (non-hydrogen) atoms. The smallest absolute Gasteiger partial charge is 0.142 e. The molecular formula is C15H17ClN2O2. The summed E-state index contributed by atoms with van der Waals surface area (Å²) in [6.45, 7) is 3.89. The maximum Gasteiger partial charge on any atom is 0.142 e. The second-order valence-electron chi connectivity index (χ2n) is 4.62. The molecule has 0 unspecified atom stereocenters. The number of rotatable bonds is 4. The Morgan fingerprint density at radius 1 is 1.30 bits per heavy atom. The molecule has 0 fully saturated rings. The van der Waals surface area contributed by atoms with Crippen molar-refractivity contribution >= 4 is 17.3 Å². The van der Waals surface area contributed by atoms with E-state index in [2.05, 4.69) is 10.3 Å². The quantitative estimate of drug-likeness (QED) is 0.810. The molecule has 2 aromatic rings. The minimum Gasteiger partial charge on any atom is -0.506 e. The molecule has 2 rings (SSSR count). The van der Waals surface area contributed by atoms with Crippen LogP contribution < -0.4 is 5.32 Å².